The van der Waals surface area contributed by atoms with Crippen molar-refractivity contribution in [3.05, 3.63) is 144 Å². The van der Waals surface area contributed by atoms with Crippen molar-refractivity contribution in [2.45, 2.75) is 39.5 Å². The van der Waals surface area contributed by atoms with E-state index in [1.807, 2.05) is 60.8 Å². The molecule has 0 aliphatic rings. The number of nitrogens with zero attached hydrogens (tertiary/aromatic N) is 3. The maximum atomic E-state index is 9.24. The number of hydrogen-bond donors (Lipinski definition) is 0. The molecule has 0 aliphatic carbocycles. The number of pyridine rings is 2. The van der Waals surface area contributed by atoms with Crippen LogP contribution >= 0.6 is 0 Å². The van der Waals surface area contributed by atoms with Crippen LogP contribution in [0.3, 0.4) is 0 Å². The Balaban J connectivity index is 0.000000258. The van der Waals surface area contributed by atoms with Gasteiger partial charge in [0.25, 0.3) is 0 Å². The number of hydrogen-bond acceptors (Lipinski definition) is 3. The Morgan fingerprint density at radius 3 is 2.09 bits per heavy atom. The standard InChI is InChI=1S/C30H25N2.C11H8N.Ir/c1-18(2)22-14-23(19(3)4)16-24(15-22)30-29-10-9-26-25-7-5-20(17-31)13-21(25)6-8-27(26)28(29)11-12-32-30;1-2-6-10(7-3-1)11-8-4-5-9-12-11;/h5-15,18-19H,1-4H3;1-6,8-9H;/q2*-1;. The minimum atomic E-state index is 0. The van der Waals surface area contributed by atoms with Crippen molar-refractivity contribution in [2.75, 3.05) is 0 Å². The number of nitriles is 1. The predicted octanol–water partition coefficient (Wildman–Crippen LogP) is 10.7. The van der Waals surface area contributed by atoms with Crippen molar-refractivity contribution in [3.63, 3.8) is 0 Å². The molecule has 4 heteroatoms. The summed E-state index contributed by atoms with van der Waals surface area (Å²) in [5, 5.41) is 16.2. The fraction of sp³-hybridized carbons (Fsp3) is 0.146. The molecule has 1 radical (unpaired) electrons. The molecule has 0 saturated carbocycles. The van der Waals surface area contributed by atoms with E-state index in [1.165, 1.54) is 27.3 Å². The molecule has 0 fully saturated rings. The molecule has 223 valence electrons. The van der Waals surface area contributed by atoms with Gasteiger partial charge in [-0.15, -0.1) is 70.8 Å². The number of aromatic nitrogens is 2. The SMILES string of the molecule is CC(C)c1[c-]c(-c2nccc3c2ccc2c4ccc(C#N)cc4ccc32)cc(C(C)C)c1.[Ir].[c-]1ccccc1-c1ccccn1. The predicted molar refractivity (Wildman–Crippen MR) is 182 cm³/mol. The molecule has 45 heavy (non-hydrogen) atoms. The van der Waals surface area contributed by atoms with E-state index < -0.39 is 0 Å². The minimum Gasteiger partial charge on any atom is -0.305 e. The van der Waals surface area contributed by atoms with Gasteiger partial charge in [-0.2, -0.15) is 5.26 Å². The minimum absolute atomic E-state index is 0. The molecule has 0 atom stereocenters. The van der Waals surface area contributed by atoms with E-state index in [4.69, 9.17) is 4.98 Å². The third kappa shape index (κ3) is 6.71. The van der Waals surface area contributed by atoms with Crippen molar-refractivity contribution in [2.24, 2.45) is 0 Å². The van der Waals surface area contributed by atoms with Crippen LogP contribution in [0.5, 0.6) is 0 Å². The van der Waals surface area contributed by atoms with Crippen LogP contribution in [0, 0.1) is 23.5 Å². The fourth-order valence-electron chi connectivity index (χ4n) is 5.56. The summed E-state index contributed by atoms with van der Waals surface area (Å²) in [5.74, 6) is 0.856. The normalized spacial score (nSPS) is 10.9. The molecule has 0 N–H and O–H groups in total. The maximum Gasteiger partial charge on any atom is 0.0991 e. The Labute approximate surface area is 279 Å². The fourth-order valence-corrected chi connectivity index (χ4v) is 5.56. The zero-order valence-corrected chi connectivity index (χ0v) is 28.2. The van der Waals surface area contributed by atoms with Crippen LogP contribution in [0.25, 0.3) is 54.8 Å². The van der Waals surface area contributed by atoms with Gasteiger partial charge >= 0.3 is 0 Å². The van der Waals surface area contributed by atoms with Gasteiger partial charge in [0.1, 0.15) is 0 Å². The zero-order chi connectivity index (χ0) is 30.6. The first-order valence-electron chi connectivity index (χ1n) is 15.0. The van der Waals surface area contributed by atoms with Crippen LogP contribution in [0.4, 0.5) is 0 Å². The molecule has 5 aromatic carbocycles. The summed E-state index contributed by atoms with van der Waals surface area (Å²) in [6.07, 6.45) is 3.70. The smallest absolute Gasteiger partial charge is 0.0991 e. The van der Waals surface area contributed by atoms with Crippen molar-refractivity contribution in [1.29, 1.82) is 5.26 Å². The Bertz CT molecular complexity index is 2070. The zero-order valence-electron chi connectivity index (χ0n) is 25.8. The molecule has 0 saturated heterocycles. The molecule has 7 rings (SSSR count). The van der Waals surface area contributed by atoms with E-state index in [2.05, 4.69) is 99.4 Å². The van der Waals surface area contributed by atoms with E-state index in [0.717, 1.165) is 38.7 Å². The summed E-state index contributed by atoms with van der Waals surface area (Å²) < 4.78 is 0. The third-order valence-electron chi connectivity index (χ3n) is 7.99. The van der Waals surface area contributed by atoms with Gasteiger partial charge in [-0.3, -0.25) is 0 Å². The Morgan fingerprint density at radius 1 is 0.644 bits per heavy atom. The summed E-state index contributed by atoms with van der Waals surface area (Å²) in [7, 11) is 0. The summed E-state index contributed by atoms with van der Waals surface area (Å²) >= 11 is 0. The summed E-state index contributed by atoms with van der Waals surface area (Å²) in [5.41, 5.74) is 7.28. The molecular formula is C41H33IrN3-2. The molecule has 0 unspecified atom stereocenters. The van der Waals surface area contributed by atoms with Crippen LogP contribution in [0.2, 0.25) is 0 Å². The van der Waals surface area contributed by atoms with E-state index in [-0.39, 0.29) is 20.1 Å². The monoisotopic (exact) mass is 760 g/mol. The summed E-state index contributed by atoms with van der Waals surface area (Å²) in [6, 6.07) is 43.9. The van der Waals surface area contributed by atoms with Crippen LogP contribution in [-0.4, -0.2) is 9.97 Å². The van der Waals surface area contributed by atoms with Gasteiger partial charge in [0.05, 0.1) is 11.6 Å². The van der Waals surface area contributed by atoms with Gasteiger partial charge in [0.15, 0.2) is 0 Å². The van der Waals surface area contributed by atoms with Crippen molar-refractivity contribution in [3.8, 4) is 28.6 Å². The molecular weight excluding hydrogens is 727 g/mol. The maximum absolute atomic E-state index is 9.24. The van der Waals surface area contributed by atoms with Gasteiger partial charge in [-0.05, 0) is 79.8 Å². The molecule has 0 amide bonds. The van der Waals surface area contributed by atoms with E-state index in [0.29, 0.717) is 17.4 Å². The topological polar surface area (TPSA) is 49.6 Å². The molecule has 2 aromatic heterocycles. The second-order valence-electron chi connectivity index (χ2n) is 11.6. The van der Waals surface area contributed by atoms with Crippen molar-refractivity contribution < 1.29 is 20.1 Å². The van der Waals surface area contributed by atoms with Crippen LogP contribution in [0.1, 0.15) is 56.2 Å². The van der Waals surface area contributed by atoms with Gasteiger partial charge in [-0.1, -0.05) is 70.2 Å². The van der Waals surface area contributed by atoms with Crippen LogP contribution in [0.15, 0.2) is 116 Å². The van der Waals surface area contributed by atoms with Gasteiger partial charge in [0.2, 0.25) is 0 Å². The van der Waals surface area contributed by atoms with Gasteiger partial charge in [0, 0.05) is 32.5 Å². The molecule has 0 spiro atoms. The first kappa shape index (κ1) is 31.7. The third-order valence-corrected chi connectivity index (χ3v) is 7.99. The first-order chi connectivity index (χ1) is 21.4. The molecule has 0 aliphatic heterocycles. The van der Waals surface area contributed by atoms with Crippen molar-refractivity contribution in [1.82, 2.24) is 9.97 Å². The summed E-state index contributed by atoms with van der Waals surface area (Å²) in [6.45, 7) is 8.89. The van der Waals surface area contributed by atoms with Crippen LogP contribution in [-0.2, 0) is 20.1 Å². The molecule has 7 aromatic rings. The second-order valence-corrected chi connectivity index (χ2v) is 11.6. The molecule has 0 bridgehead atoms. The van der Waals surface area contributed by atoms with E-state index in [1.54, 1.807) is 6.20 Å². The number of rotatable bonds is 4. The van der Waals surface area contributed by atoms with Gasteiger partial charge in [-0.25, -0.2) is 0 Å². The Kier molecular flexibility index (Phi) is 9.84. The first-order valence-corrected chi connectivity index (χ1v) is 15.0. The second kappa shape index (κ2) is 14.0. The number of benzene rings is 5. The quantitative estimate of drug-likeness (QED) is 0.133. The largest absolute Gasteiger partial charge is 0.305 e. The number of fused-ring (bicyclic) bond motifs is 5. The van der Waals surface area contributed by atoms with Crippen molar-refractivity contribution >= 4 is 32.3 Å². The van der Waals surface area contributed by atoms with E-state index >= 15 is 0 Å². The average Bonchev–Trinajstić information content (AvgIpc) is 3.08. The van der Waals surface area contributed by atoms with Gasteiger partial charge < -0.3 is 9.97 Å². The molecule has 3 nitrogen and oxygen atoms in total. The molecule has 2 heterocycles. The Morgan fingerprint density at radius 2 is 1.38 bits per heavy atom. The average molecular weight is 760 g/mol. The summed E-state index contributed by atoms with van der Waals surface area (Å²) in [4.78, 5) is 9.02. The Hall–Kier alpha value is -4.68. The van der Waals surface area contributed by atoms with E-state index in [9.17, 15) is 5.26 Å². The van der Waals surface area contributed by atoms with Crippen LogP contribution < -0.4 is 0 Å².